The Morgan fingerprint density at radius 2 is 1.87 bits per heavy atom. The van der Waals surface area contributed by atoms with Crippen LogP contribution in [0.5, 0.6) is 0 Å². The van der Waals surface area contributed by atoms with Crippen LogP contribution in [-0.4, -0.2) is 35.6 Å². The number of carbonyl (C=O) groups is 1. The minimum absolute atomic E-state index is 0.0612. The predicted molar refractivity (Wildman–Crippen MR) is 93.2 cm³/mol. The lowest BCUT2D eigenvalue weighted by molar-refractivity contribution is 0.111. The van der Waals surface area contributed by atoms with Gasteiger partial charge in [-0.25, -0.2) is 4.79 Å². The molecule has 2 N–H and O–H groups in total. The van der Waals surface area contributed by atoms with Crippen LogP contribution in [0.4, 0.5) is 4.79 Å². The summed E-state index contributed by atoms with van der Waals surface area (Å²) in [4.78, 5) is 14.6. The molecule has 23 heavy (non-hydrogen) atoms. The Hall–Kier alpha value is -1.81. The van der Waals surface area contributed by atoms with Gasteiger partial charge in [0.05, 0.1) is 0 Å². The zero-order valence-electron chi connectivity index (χ0n) is 13.9. The Bertz CT molecular complexity index is 543. The molecule has 2 heterocycles. The largest absolute Gasteiger partial charge is 0.335 e. The molecule has 4 heteroatoms. The number of fused-ring (bicyclic) bond motifs is 2. The summed E-state index contributed by atoms with van der Waals surface area (Å²) in [7, 11) is 0. The van der Waals surface area contributed by atoms with Gasteiger partial charge in [0.15, 0.2) is 0 Å². The van der Waals surface area contributed by atoms with E-state index in [1.165, 1.54) is 18.4 Å². The number of benzene rings is 1. The molecular weight excluding hydrogens is 286 g/mol. The van der Waals surface area contributed by atoms with Crippen molar-refractivity contribution in [2.45, 2.75) is 57.3 Å². The molecular formula is C19H27N3O. The van der Waals surface area contributed by atoms with Gasteiger partial charge in [0, 0.05) is 31.2 Å². The van der Waals surface area contributed by atoms with Gasteiger partial charge in [-0.1, -0.05) is 42.5 Å². The number of amides is 2. The number of piperidine rings is 1. The summed E-state index contributed by atoms with van der Waals surface area (Å²) in [5.74, 6) is 0. The summed E-state index contributed by atoms with van der Waals surface area (Å²) < 4.78 is 0. The monoisotopic (exact) mass is 313 g/mol. The number of carbonyl (C=O) groups excluding carboxylic acids is 1. The van der Waals surface area contributed by atoms with Crippen LogP contribution in [0, 0.1) is 0 Å². The lowest BCUT2D eigenvalue weighted by Gasteiger charge is -2.39. The third kappa shape index (κ3) is 4.14. The van der Waals surface area contributed by atoms with E-state index in [0.717, 1.165) is 25.0 Å². The van der Waals surface area contributed by atoms with Crippen LogP contribution in [0.3, 0.4) is 0 Å². The molecule has 1 aromatic rings. The van der Waals surface area contributed by atoms with E-state index in [-0.39, 0.29) is 6.03 Å². The van der Waals surface area contributed by atoms with Crippen LogP contribution in [-0.2, 0) is 6.54 Å². The fourth-order valence-electron chi connectivity index (χ4n) is 3.91. The molecule has 0 aromatic heterocycles. The molecule has 1 unspecified atom stereocenters. The molecule has 2 amide bonds. The maximum absolute atomic E-state index is 11.9. The molecule has 1 aromatic carbocycles. The smallest absolute Gasteiger partial charge is 0.315 e. The van der Waals surface area contributed by atoms with Crippen molar-refractivity contribution in [3.8, 4) is 0 Å². The minimum Gasteiger partial charge on any atom is -0.335 e. The van der Waals surface area contributed by atoms with Gasteiger partial charge in [-0.3, -0.25) is 4.90 Å². The number of rotatable bonds is 5. The second-order valence-corrected chi connectivity index (χ2v) is 7.00. The van der Waals surface area contributed by atoms with Crippen LogP contribution >= 0.6 is 0 Å². The van der Waals surface area contributed by atoms with Crippen LogP contribution < -0.4 is 10.6 Å². The van der Waals surface area contributed by atoms with Gasteiger partial charge >= 0.3 is 6.03 Å². The molecule has 3 atom stereocenters. The van der Waals surface area contributed by atoms with E-state index < -0.39 is 0 Å². The fraction of sp³-hybridized carbons (Fsp3) is 0.526. The van der Waals surface area contributed by atoms with Crippen molar-refractivity contribution in [2.24, 2.45) is 0 Å². The molecule has 2 bridgehead atoms. The van der Waals surface area contributed by atoms with E-state index in [4.69, 9.17) is 0 Å². The van der Waals surface area contributed by atoms with Crippen LogP contribution in [0.15, 0.2) is 42.5 Å². The number of nitrogens with zero attached hydrogens (tertiary/aromatic N) is 1. The first-order valence-electron chi connectivity index (χ1n) is 8.60. The standard InChI is InChI=1S/C19H27N3O/c1-14(2)12-20-19(23)21-16-10-17-8-9-18(11-16)22(17)13-15-6-4-3-5-7-15/h3-7,16-18H,1,8-13H2,2H3,(H2,20,21,23)/t16?,17-,18+. The average Bonchev–Trinajstić information content (AvgIpc) is 2.77. The number of hydrogen-bond donors (Lipinski definition) is 2. The molecule has 4 nitrogen and oxygen atoms in total. The Labute approximate surface area is 138 Å². The maximum atomic E-state index is 11.9. The average molecular weight is 313 g/mol. The van der Waals surface area contributed by atoms with Crippen molar-refractivity contribution >= 4 is 6.03 Å². The zero-order chi connectivity index (χ0) is 16.2. The summed E-state index contributed by atoms with van der Waals surface area (Å²) in [6.07, 6.45) is 4.62. The molecule has 0 spiro atoms. The van der Waals surface area contributed by atoms with Crippen molar-refractivity contribution in [1.82, 2.24) is 15.5 Å². The van der Waals surface area contributed by atoms with Crippen molar-refractivity contribution in [3.63, 3.8) is 0 Å². The van der Waals surface area contributed by atoms with E-state index in [1.807, 2.05) is 6.92 Å². The Morgan fingerprint density at radius 3 is 2.48 bits per heavy atom. The first-order valence-corrected chi connectivity index (χ1v) is 8.60. The summed E-state index contributed by atoms with van der Waals surface area (Å²) in [6.45, 7) is 7.31. The summed E-state index contributed by atoms with van der Waals surface area (Å²) in [5.41, 5.74) is 2.35. The van der Waals surface area contributed by atoms with Crippen molar-refractivity contribution in [3.05, 3.63) is 48.0 Å². The number of hydrogen-bond acceptors (Lipinski definition) is 2. The molecule has 2 aliphatic heterocycles. The second kappa shape index (κ2) is 7.18. The third-order valence-corrected chi connectivity index (χ3v) is 4.98. The Balaban J connectivity index is 1.52. The van der Waals surface area contributed by atoms with Crippen LogP contribution in [0.1, 0.15) is 38.2 Å². The molecule has 124 valence electrons. The maximum Gasteiger partial charge on any atom is 0.315 e. The van der Waals surface area contributed by atoms with Crippen LogP contribution in [0.25, 0.3) is 0 Å². The second-order valence-electron chi connectivity index (χ2n) is 7.00. The highest BCUT2D eigenvalue weighted by Crippen LogP contribution is 2.36. The van der Waals surface area contributed by atoms with Crippen molar-refractivity contribution < 1.29 is 4.79 Å². The van der Waals surface area contributed by atoms with Gasteiger partial charge in [0.1, 0.15) is 0 Å². The molecule has 0 aliphatic carbocycles. The van der Waals surface area contributed by atoms with Crippen molar-refractivity contribution in [2.75, 3.05) is 6.54 Å². The topological polar surface area (TPSA) is 44.4 Å². The first-order chi connectivity index (χ1) is 11.1. The Morgan fingerprint density at radius 1 is 1.22 bits per heavy atom. The number of urea groups is 1. The van der Waals surface area contributed by atoms with Gasteiger partial charge in [0.25, 0.3) is 0 Å². The normalized spacial score (nSPS) is 26.7. The fourth-order valence-corrected chi connectivity index (χ4v) is 3.91. The molecule has 3 rings (SSSR count). The van der Waals surface area contributed by atoms with E-state index in [0.29, 0.717) is 24.7 Å². The first kappa shape index (κ1) is 16.1. The minimum atomic E-state index is -0.0612. The van der Waals surface area contributed by atoms with Crippen molar-refractivity contribution in [1.29, 1.82) is 0 Å². The third-order valence-electron chi connectivity index (χ3n) is 4.98. The quantitative estimate of drug-likeness (QED) is 0.821. The van der Waals surface area contributed by atoms with Gasteiger partial charge in [-0.05, 0) is 38.2 Å². The predicted octanol–water partition coefficient (Wildman–Crippen LogP) is 3.06. The van der Waals surface area contributed by atoms with Crippen LogP contribution in [0.2, 0.25) is 0 Å². The van der Waals surface area contributed by atoms with E-state index >= 15 is 0 Å². The van der Waals surface area contributed by atoms with Gasteiger partial charge in [-0.2, -0.15) is 0 Å². The lowest BCUT2D eigenvalue weighted by Crippen LogP contribution is -2.52. The van der Waals surface area contributed by atoms with E-state index in [2.05, 4.69) is 52.4 Å². The summed E-state index contributed by atoms with van der Waals surface area (Å²) >= 11 is 0. The molecule has 2 fully saturated rings. The molecule has 0 saturated carbocycles. The Kier molecular flexibility index (Phi) is 5.01. The number of nitrogens with one attached hydrogen (secondary N) is 2. The zero-order valence-corrected chi connectivity index (χ0v) is 13.9. The summed E-state index contributed by atoms with van der Waals surface area (Å²) in [6, 6.07) is 12.1. The highest BCUT2D eigenvalue weighted by molar-refractivity contribution is 5.74. The summed E-state index contributed by atoms with van der Waals surface area (Å²) in [5, 5.41) is 6.01. The lowest BCUT2D eigenvalue weighted by atomic mass is 9.96. The SMILES string of the molecule is C=C(C)CNC(=O)NC1C[C@H]2CC[C@@H](C1)N2Cc1ccccc1. The van der Waals surface area contributed by atoms with Gasteiger partial charge in [0.2, 0.25) is 0 Å². The van der Waals surface area contributed by atoms with E-state index in [1.54, 1.807) is 0 Å². The highest BCUT2D eigenvalue weighted by atomic mass is 16.2. The highest BCUT2D eigenvalue weighted by Gasteiger charge is 2.40. The van der Waals surface area contributed by atoms with E-state index in [9.17, 15) is 4.79 Å². The molecule has 2 saturated heterocycles. The molecule has 0 radical (unpaired) electrons. The van der Waals surface area contributed by atoms with Gasteiger partial charge < -0.3 is 10.6 Å². The van der Waals surface area contributed by atoms with Gasteiger partial charge in [-0.15, -0.1) is 0 Å². The molecule has 2 aliphatic rings.